The third kappa shape index (κ3) is 7.26. The molecule has 182 valence electrons. The van der Waals surface area contributed by atoms with Gasteiger partial charge in [0.1, 0.15) is 17.4 Å². The first kappa shape index (κ1) is 25.2. The minimum atomic E-state index is -3.49. The maximum Gasteiger partial charge on any atom is 0.245 e. The summed E-state index contributed by atoms with van der Waals surface area (Å²) in [5.41, 5.74) is 1.20. The first-order valence-corrected chi connectivity index (χ1v) is 13.4. The van der Waals surface area contributed by atoms with Crippen molar-refractivity contribution < 1.29 is 22.7 Å². The van der Waals surface area contributed by atoms with E-state index in [-0.39, 0.29) is 17.6 Å². The van der Waals surface area contributed by atoms with Gasteiger partial charge in [-0.3, -0.25) is 14.5 Å². The molecule has 0 bridgehead atoms. The van der Waals surface area contributed by atoms with Crippen LogP contribution in [0.5, 0.6) is 0 Å². The number of sulfonamides is 1. The first-order chi connectivity index (χ1) is 15.7. The molecule has 3 N–H and O–H groups in total. The minimum Gasteiger partial charge on any atom is -0.438 e. The highest BCUT2D eigenvalue weighted by Crippen LogP contribution is 2.29. The van der Waals surface area contributed by atoms with Gasteiger partial charge in [0, 0.05) is 0 Å². The Labute approximate surface area is 195 Å². The number of carbonyl (C=O) groups is 1. The molecule has 1 aliphatic carbocycles. The van der Waals surface area contributed by atoms with E-state index in [1.807, 2.05) is 19.1 Å². The third-order valence-electron chi connectivity index (χ3n) is 5.98. The molecule has 3 atom stereocenters. The monoisotopic (exact) mass is 478 g/mol. The van der Waals surface area contributed by atoms with Crippen molar-refractivity contribution >= 4 is 32.9 Å². The van der Waals surface area contributed by atoms with Crippen LogP contribution in [0.25, 0.3) is 11.1 Å². The van der Waals surface area contributed by atoms with Crippen LogP contribution in [-0.2, 0) is 14.8 Å². The van der Waals surface area contributed by atoms with E-state index in [0.29, 0.717) is 29.9 Å². The SMILES string of the molecule is CCC(NC(=O)C(CC1CCCCC1)N=C(C)NS(C)(=O)=O)C(O)c1nc2ccccc2o1. The normalized spacial score (nSPS) is 18.6. The molecule has 0 aliphatic heterocycles. The summed E-state index contributed by atoms with van der Waals surface area (Å²) in [6.07, 6.45) is 6.40. The number of carbonyl (C=O) groups excluding carboxylic acids is 1. The summed E-state index contributed by atoms with van der Waals surface area (Å²) in [5, 5.41) is 13.8. The largest absolute Gasteiger partial charge is 0.438 e. The highest BCUT2D eigenvalue weighted by atomic mass is 32.2. The number of aliphatic hydroxyl groups excluding tert-OH is 1. The van der Waals surface area contributed by atoms with Crippen molar-refractivity contribution in [3.05, 3.63) is 30.2 Å². The van der Waals surface area contributed by atoms with Crippen molar-refractivity contribution in [3.8, 4) is 0 Å². The van der Waals surface area contributed by atoms with E-state index >= 15 is 0 Å². The van der Waals surface area contributed by atoms with Crippen LogP contribution < -0.4 is 10.0 Å². The lowest BCUT2D eigenvalue weighted by atomic mass is 9.84. The molecule has 10 heteroatoms. The van der Waals surface area contributed by atoms with Gasteiger partial charge in [-0.2, -0.15) is 0 Å². The Kier molecular flexibility index (Phi) is 8.47. The Hall–Kier alpha value is -2.46. The Morgan fingerprint density at radius 1 is 1.27 bits per heavy atom. The van der Waals surface area contributed by atoms with Crippen LogP contribution in [0, 0.1) is 5.92 Å². The van der Waals surface area contributed by atoms with Gasteiger partial charge >= 0.3 is 0 Å². The van der Waals surface area contributed by atoms with Crippen LogP contribution in [0.4, 0.5) is 0 Å². The van der Waals surface area contributed by atoms with Gasteiger partial charge in [-0.15, -0.1) is 0 Å². The maximum absolute atomic E-state index is 13.2. The molecule has 1 saturated carbocycles. The van der Waals surface area contributed by atoms with E-state index in [2.05, 4.69) is 20.0 Å². The fourth-order valence-corrected chi connectivity index (χ4v) is 4.95. The number of nitrogens with one attached hydrogen (secondary N) is 2. The van der Waals surface area contributed by atoms with Gasteiger partial charge in [0.2, 0.25) is 21.8 Å². The van der Waals surface area contributed by atoms with Crippen molar-refractivity contribution in [2.45, 2.75) is 77.0 Å². The number of para-hydroxylation sites is 2. The molecule has 33 heavy (non-hydrogen) atoms. The summed E-state index contributed by atoms with van der Waals surface area (Å²) in [7, 11) is -3.49. The van der Waals surface area contributed by atoms with Gasteiger partial charge in [-0.05, 0) is 37.8 Å². The second-order valence-corrected chi connectivity index (χ2v) is 10.6. The van der Waals surface area contributed by atoms with Crippen molar-refractivity contribution in [1.82, 2.24) is 15.0 Å². The lowest BCUT2D eigenvalue weighted by molar-refractivity contribution is -0.124. The molecule has 2 aromatic rings. The van der Waals surface area contributed by atoms with Gasteiger partial charge in [-0.1, -0.05) is 51.2 Å². The fraction of sp³-hybridized carbons (Fsp3) is 0.609. The number of amides is 1. The zero-order valence-electron chi connectivity index (χ0n) is 19.5. The number of hydrogen-bond donors (Lipinski definition) is 3. The van der Waals surface area contributed by atoms with Gasteiger partial charge in [-0.25, -0.2) is 13.4 Å². The molecule has 3 unspecified atom stereocenters. The number of benzene rings is 1. The summed E-state index contributed by atoms with van der Waals surface area (Å²) < 4.78 is 31.2. The van der Waals surface area contributed by atoms with Crippen LogP contribution in [0.15, 0.2) is 33.7 Å². The van der Waals surface area contributed by atoms with Crippen molar-refractivity contribution in [2.24, 2.45) is 10.9 Å². The van der Waals surface area contributed by atoms with Crippen molar-refractivity contribution in [3.63, 3.8) is 0 Å². The molecule has 1 aliphatic rings. The quantitative estimate of drug-likeness (QED) is 0.375. The molecule has 1 amide bonds. The highest BCUT2D eigenvalue weighted by Gasteiger charge is 2.30. The van der Waals surface area contributed by atoms with Crippen LogP contribution in [0.1, 0.15) is 70.8 Å². The summed E-state index contributed by atoms with van der Waals surface area (Å²) in [6, 6.07) is 5.83. The van der Waals surface area contributed by atoms with Gasteiger partial charge in [0.25, 0.3) is 0 Å². The number of oxazole rings is 1. The standard InChI is InChI=1S/C23H34N4O5S/c1-4-17(21(28)23-26-18-12-8-9-13-20(18)32-23)25-22(29)19(14-16-10-6-5-7-11-16)24-15(2)27-33(3,30)31/h8-9,12-13,16-17,19,21,28H,4-7,10-11,14H2,1-3H3,(H,24,27)(H,25,29). The molecule has 1 aromatic carbocycles. The van der Waals surface area contributed by atoms with Gasteiger partial charge < -0.3 is 14.8 Å². The van der Waals surface area contributed by atoms with Crippen molar-refractivity contribution in [2.75, 3.05) is 6.26 Å². The molecular weight excluding hydrogens is 444 g/mol. The Morgan fingerprint density at radius 3 is 2.61 bits per heavy atom. The minimum absolute atomic E-state index is 0.144. The Balaban J connectivity index is 1.76. The molecular formula is C23H34N4O5S. The number of nitrogens with zero attached hydrogens (tertiary/aromatic N) is 2. The van der Waals surface area contributed by atoms with E-state index in [1.54, 1.807) is 12.1 Å². The lowest BCUT2D eigenvalue weighted by Gasteiger charge is -2.27. The fourth-order valence-electron chi connectivity index (χ4n) is 4.36. The Bertz CT molecular complexity index is 1040. The van der Waals surface area contributed by atoms with E-state index in [4.69, 9.17) is 4.42 Å². The molecule has 1 heterocycles. The molecule has 0 radical (unpaired) electrons. The van der Waals surface area contributed by atoms with Crippen molar-refractivity contribution in [1.29, 1.82) is 0 Å². The average molecular weight is 479 g/mol. The summed E-state index contributed by atoms with van der Waals surface area (Å²) >= 11 is 0. The zero-order chi connectivity index (χ0) is 24.0. The molecule has 0 saturated heterocycles. The molecule has 3 rings (SSSR count). The maximum atomic E-state index is 13.2. The topological polar surface area (TPSA) is 134 Å². The number of aromatic nitrogens is 1. The van der Waals surface area contributed by atoms with Crippen LogP contribution in [-0.4, -0.2) is 48.6 Å². The lowest BCUT2D eigenvalue weighted by Crippen LogP contribution is -2.45. The zero-order valence-corrected chi connectivity index (χ0v) is 20.3. The number of aliphatic imine (C=N–C) groups is 1. The first-order valence-electron chi connectivity index (χ1n) is 11.5. The second kappa shape index (κ2) is 11.1. The third-order valence-corrected chi connectivity index (χ3v) is 6.64. The summed E-state index contributed by atoms with van der Waals surface area (Å²) in [4.78, 5) is 22.0. The van der Waals surface area contributed by atoms with Crippen LogP contribution in [0.3, 0.4) is 0 Å². The predicted molar refractivity (Wildman–Crippen MR) is 127 cm³/mol. The predicted octanol–water partition coefficient (Wildman–Crippen LogP) is 3.06. The molecule has 1 fully saturated rings. The van der Waals surface area contributed by atoms with E-state index in [1.165, 1.54) is 13.3 Å². The smallest absolute Gasteiger partial charge is 0.245 e. The number of amidine groups is 1. The van der Waals surface area contributed by atoms with Gasteiger partial charge in [0.05, 0.1) is 12.3 Å². The molecule has 9 nitrogen and oxygen atoms in total. The van der Waals surface area contributed by atoms with E-state index in [9.17, 15) is 18.3 Å². The molecule has 1 aromatic heterocycles. The van der Waals surface area contributed by atoms with Gasteiger partial charge in [0.15, 0.2) is 11.7 Å². The number of rotatable bonds is 9. The van der Waals surface area contributed by atoms with Crippen LogP contribution in [0.2, 0.25) is 0 Å². The van der Waals surface area contributed by atoms with E-state index in [0.717, 1.165) is 31.9 Å². The summed E-state index contributed by atoms with van der Waals surface area (Å²) in [5.74, 6) is 0.315. The highest BCUT2D eigenvalue weighted by molar-refractivity contribution is 7.89. The number of fused-ring (bicyclic) bond motifs is 1. The Morgan fingerprint density at radius 2 is 1.97 bits per heavy atom. The molecule has 0 spiro atoms. The number of hydrogen-bond acceptors (Lipinski definition) is 7. The number of aliphatic hydroxyl groups is 1. The van der Waals surface area contributed by atoms with Crippen LogP contribution >= 0.6 is 0 Å². The second-order valence-electron chi connectivity index (χ2n) is 8.83. The average Bonchev–Trinajstić information content (AvgIpc) is 3.20. The van der Waals surface area contributed by atoms with E-state index < -0.39 is 28.2 Å². The summed E-state index contributed by atoms with van der Waals surface area (Å²) in [6.45, 7) is 3.39.